The van der Waals surface area contributed by atoms with Crippen LogP contribution in [0.15, 0.2) is 41.7 Å². The van der Waals surface area contributed by atoms with Crippen LogP contribution in [0.25, 0.3) is 11.1 Å². The molecule has 4 rings (SSSR count). The van der Waals surface area contributed by atoms with E-state index in [1.165, 1.54) is 6.07 Å². The second-order valence-corrected chi connectivity index (χ2v) is 9.67. The average molecular weight is 548 g/mol. The van der Waals surface area contributed by atoms with Crippen molar-refractivity contribution in [2.24, 2.45) is 16.8 Å². The fourth-order valence-corrected chi connectivity index (χ4v) is 4.64. The van der Waals surface area contributed by atoms with Crippen LogP contribution in [0.1, 0.15) is 49.7 Å². The van der Waals surface area contributed by atoms with E-state index in [0.29, 0.717) is 41.4 Å². The van der Waals surface area contributed by atoms with Gasteiger partial charge in [-0.2, -0.15) is 5.26 Å². The number of hydrogen-bond acceptors (Lipinski definition) is 9. The monoisotopic (exact) mass is 547 g/mol. The Kier molecular flexibility index (Phi) is 8.99. The lowest BCUT2D eigenvalue weighted by Crippen LogP contribution is -2.34. The van der Waals surface area contributed by atoms with E-state index in [1.807, 2.05) is 18.7 Å². The third kappa shape index (κ3) is 6.22. The third-order valence-corrected chi connectivity index (χ3v) is 6.64. The van der Waals surface area contributed by atoms with Crippen molar-refractivity contribution >= 4 is 29.1 Å². The molecule has 0 radical (unpaired) electrons. The Balaban J connectivity index is 1.85. The average Bonchev–Trinajstić information content (AvgIpc) is 2.95. The minimum absolute atomic E-state index is 0.00696. The molecule has 1 aromatic carbocycles. The van der Waals surface area contributed by atoms with Crippen LogP contribution in [0.2, 0.25) is 0 Å². The van der Waals surface area contributed by atoms with Gasteiger partial charge in [-0.1, -0.05) is 13.8 Å². The van der Waals surface area contributed by atoms with Crippen molar-refractivity contribution < 1.29 is 18.3 Å². The molecule has 0 saturated carbocycles. The molecule has 0 spiro atoms. The number of hydrogen-bond donors (Lipinski definition) is 1. The number of pyridine rings is 1. The van der Waals surface area contributed by atoms with Gasteiger partial charge in [-0.3, -0.25) is 4.99 Å². The highest BCUT2D eigenvalue weighted by Crippen LogP contribution is 2.34. The fraction of sp³-hybridized carbons (Fsp3) is 0.379. The lowest BCUT2D eigenvalue weighted by atomic mass is 9.92. The molecule has 40 heavy (non-hydrogen) atoms. The number of carbonyl (C=O) groups is 1. The van der Waals surface area contributed by atoms with Crippen LogP contribution in [0.4, 0.5) is 26.2 Å². The minimum atomic E-state index is -0.816. The summed E-state index contributed by atoms with van der Waals surface area (Å²) >= 11 is 0. The second-order valence-electron chi connectivity index (χ2n) is 9.67. The molecule has 208 valence electrons. The highest BCUT2D eigenvalue weighted by Gasteiger charge is 2.25. The molecule has 0 aliphatic carbocycles. The van der Waals surface area contributed by atoms with Gasteiger partial charge in [0.05, 0.1) is 18.4 Å². The molecule has 9 nitrogen and oxygen atoms in total. The molecule has 0 bridgehead atoms. The number of anilines is 3. The number of aromatic nitrogens is 3. The molecule has 3 aromatic rings. The maximum Gasteiger partial charge on any atom is 0.357 e. The van der Waals surface area contributed by atoms with E-state index >= 15 is 0 Å². The molecule has 1 aliphatic heterocycles. The van der Waals surface area contributed by atoms with Crippen LogP contribution < -0.4 is 10.2 Å². The van der Waals surface area contributed by atoms with Gasteiger partial charge in [0.1, 0.15) is 17.5 Å². The zero-order valence-corrected chi connectivity index (χ0v) is 22.9. The van der Waals surface area contributed by atoms with Gasteiger partial charge in [0.2, 0.25) is 5.95 Å². The van der Waals surface area contributed by atoms with Gasteiger partial charge in [-0.15, -0.1) is 0 Å². The van der Waals surface area contributed by atoms with Crippen LogP contribution in [0, 0.1) is 34.8 Å². The van der Waals surface area contributed by atoms with Gasteiger partial charge < -0.3 is 15.0 Å². The Morgan fingerprint density at radius 2 is 1.93 bits per heavy atom. The Morgan fingerprint density at radius 3 is 2.50 bits per heavy atom. The molecule has 1 N–H and O–H groups in total. The Bertz CT molecular complexity index is 1440. The first-order valence-electron chi connectivity index (χ1n) is 13.1. The lowest BCUT2D eigenvalue weighted by molar-refractivity contribution is 0.0519. The normalized spacial score (nSPS) is 14.2. The molecule has 3 heterocycles. The number of ether oxygens (including phenoxy) is 1. The third-order valence-electron chi connectivity index (χ3n) is 6.64. The summed E-state index contributed by atoms with van der Waals surface area (Å²) in [6.45, 7) is 7.11. The first-order valence-corrected chi connectivity index (χ1v) is 13.1. The van der Waals surface area contributed by atoms with E-state index in [-0.39, 0.29) is 35.6 Å². The number of benzene rings is 1. The zero-order valence-electron chi connectivity index (χ0n) is 22.9. The molecular formula is C29H31F2N7O2. The summed E-state index contributed by atoms with van der Waals surface area (Å²) in [5, 5.41) is 12.1. The van der Waals surface area contributed by atoms with Gasteiger partial charge in [0, 0.05) is 61.4 Å². The number of nitrogens with zero attached hydrogens (tertiary/aromatic N) is 6. The Hall–Kier alpha value is -4.46. The quantitative estimate of drug-likeness (QED) is 0.288. The highest BCUT2D eigenvalue weighted by atomic mass is 19.1. The topological polar surface area (TPSA) is 116 Å². The zero-order chi connectivity index (χ0) is 28.8. The van der Waals surface area contributed by atoms with E-state index < -0.39 is 17.6 Å². The van der Waals surface area contributed by atoms with E-state index in [2.05, 4.69) is 31.3 Å². The van der Waals surface area contributed by atoms with Crippen molar-refractivity contribution in [1.29, 1.82) is 5.26 Å². The maximum atomic E-state index is 14.7. The summed E-state index contributed by atoms with van der Waals surface area (Å²) in [5.74, 6) is -1.53. The van der Waals surface area contributed by atoms with E-state index in [1.54, 1.807) is 32.4 Å². The first-order chi connectivity index (χ1) is 19.2. The van der Waals surface area contributed by atoms with Crippen LogP contribution in [0.5, 0.6) is 0 Å². The Morgan fingerprint density at radius 1 is 1.23 bits per heavy atom. The van der Waals surface area contributed by atoms with Crippen LogP contribution in [0.3, 0.4) is 0 Å². The fourth-order valence-electron chi connectivity index (χ4n) is 4.64. The first kappa shape index (κ1) is 28.5. The molecule has 1 saturated heterocycles. The van der Waals surface area contributed by atoms with Crippen LogP contribution in [-0.2, 0) is 4.74 Å². The largest absolute Gasteiger partial charge is 0.461 e. The predicted octanol–water partition coefficient (Wildman–Crippen LogP) is 5.55. The predicted molar refractivity (Wildman–Crippen MR) is 149 cm³/mol. The number of esters is 1. The second kappa shape index (κ2) is 12.6. The Labute approximate surface area is 232 Å². The summed E-state index contributed by atoms with van der Waals surface area (Å²) in [6, 6.07) is 7.06. The molecule has 0 unspecified atom stereocenters. The number of nitrogens with one attached hydrogen (secondary N) is 1. The van der Waals surface area contributed by atoms with E-state index in [9.17, 15) is 18.8 Å². The lowest BCUT2D eigenvalue weighted by Gasteiger charge is -2.29. The van der Waals surface area contributed by atoms with Gasteiger partial charge in [0.25, 0.3) is 0 Å². The number of piperidine rings is 1. The summed E-state index contributed by atoms with van der Waals surface area (Å²) in [5.41, 5.74) is 2.28. The maximum absolute atomic E-state index is 14.7. The van der Waals surface area contributed by atoms with Gasteiger partial charge in [0.15, 0.2) is 5.69 Å². The molecule has 2 aromatic heterocycles. The number of rotatable bonds is 8. The summed E-state index contributed by atoms with van der Waals surface area (Å²) < 4.78 is 33.5. The van der Waals surface area contributed by atoms with Gasteiger partial charge in [-0.05, 0) is 49.4 Å². The van der Waals surface area contributed by atoms with Crippen molar-refractivity contribution in [3.05, 3.63) is 59.6 Å². The van der Waals surface area contributed by atoms with Crippen molar-refractivity contribution in [2.45, 2.75) is 33.6 Å². The minimum Gasteiger partial charge on any atom is -0.461 e. The van der Waals surface area contributed by atoms with Gasteiger partial charge in [-0.25, -0.2) is 28.5 Å². The number of carbonyl (C=O) groups excluding carboxylic acids is 1. The van der Waals surface area contributed by atoms with Crippen molar-refractivity contribution in [3.63, 3.8) is 0 Å². The van der Waals surface area contributed by atoms with Crippen molar-refractivity contribution in [3.8, 4) is 17.2 Å². The molecule has 0 amide bonds. The standard InChI is InChI=1S/C29H31F2N7O2/c1-5-40-28(39)24-13-21(19-15-34-29(35-16-19)38-10-8-18(14-32)9-11-38)25(26(33-4)17(2)3)27(37-24)36-23-7-6-20(30)12-22(23)31/h6-7,12-13,15-18H,5,8-11H2,1-4H3,(H,36,37)/b33-26-. The van der Waals surface area contributed by atoms with Crippen LogP contribution >= 0.6 is 0 Å². The number of nitriles is 1. The van der Waals surface area contributed by atoms with Crippen molar-refractivity contribution in [1.82, 2.24) is 15.0 Å². The van der Waals surface area contributed by atoms with E-state index in [0.717, 1.165) is 25.0 Å². The van der Waals surface area contributed by atoms with Crippen LogP contribution in [-0.4, -0.2) is 53.4 Å². The molecule has 1 fully saturated rings. The summed E-state index contributed by atoms with van der Waals surface area (Å²) in [6.07, 6.45) is 4.81. The smallest absolute Gasteiger partial charge is 0.357 e. The molecule has 0 atom stereocenters. The molecular weight excluding hydrogens is 516 g/mol. The summed E-state index contributed by atoms with van der Waals surface area (Å²) in [4.78, 5) is 33.0. The number of halogens is 2. The molecule has 1 aliphatic rings. The summed E-state index contributed by atoms with van der Waals surface area (Å²) in [7, 11) is 1.64. The SMILES string of the molecule is CCOC(=O)c1cc(-c2cnc(N3CCC(C#N)CC3)nc2)c(/C(=N\C)C(C)C)c(Nc2ccc(F)cc2F)n1. The molecule has 11 heteroatoms. The number of aliphatic imine (C=N–C) groups is 1. The van der Waals surface area contributed by atoms with Gasteiger partial charge >= 0.3 is 5.97 Å². The highest BCUT2D eigenvalue weighted by molar-refractivity contribution is 6.11. The van der Waals surface area contributed by atoms with Crippen molar-refractivity contribution in [2.75, 3.05) is 37.0 Å². The van der Waals surface area contributed by atoms with E-state index in [4.69, 9.17) is 4.74 Å².